The number of nitrogens with zero attached hydrogens (tertiary/aromatic N) is 5. The molecule has 1 unspecified atom stereocenters. The minimum absolute atomic E-state index is 0.178. The Morgan fingerprint density at radius 3 is 2.89 bits per heavy atom. The fourth-order valence-electron chi connectivity index (χ4n) is 3.32. The molecule has 1 atom stereocenters. The lowest BCUT2D eigenvalue weighted by Gasteiger charge is -2.16. The fraction of sp³-hybridized carbons (Fsp3) is 0.368. The smallest absolute Gasteiger partial charge is 0.251 e. The number of carbonyl (C=O) groups is 1. The van der Waals surface area contributed by atoms with Crippen molar-refractivity contribution in [1.29, 1.82) is 0 Å². The van der Waals surface area contributed by atoms with Crippen molar-refractivity contribution in [1.82, 2.24) is 24.8 Å². The van der Waals surface area contributed by atoms with Crippen molar-refractivity contribution >= 4 is 22.9 Å². The number of fused-ring (bicyclic) bond motifs is 1. The van der Waals surface area contributed by atoms with Crippen molar-refractivity contribution in [2.24, 2.45) is 7.05 Å². The van der Waals surface area contributed by atoms with E-state index in [2.05, 4.69) is 25.2 Å². The minimum atomic E-state index is -0.309. The van der Waals surface area contributed by atoms with Crippen LogP contribution in [0.3, 0.4) is 0 Å². The van der Waals surface area contributed by atoms with Gasteiger partial charge in [-0.1, -0.05) is 0 Å². The average Bonchev–Trinajstić information content (AvgIpc) is 3.24. The average molecular weight is 366 g/mol. The Morgan fingerprint density at radius 1 is 1.33 bits per heavy atom. The van der Waals surface area contributed by atoms with E-state index >= 15 is 0 Å². The topological polar surface area (TPSA) is 96.2 Å². The Bertz CT molecular complexity index is 982. The van der Waals surface area contributed by atoms with Gasteiger partial charge in [0.25, 0.3) is 5.91 Å². The number of hydrogen-bond donors (Lipinski definition) is 2. The molecule has 2 N–H and O–H groups in total. The largest absolute Gasteiger partial charge is 0.391 e. The molecule has 0 saturated carbocycles. The number of rotatable bonds is 4. The molecule has 1 aliphatic heterocycles. The molecule has 8 heteroatoms. The van der Waals surface area contributed by atoms with E-state index in [4.69, 9.17) is 0 Å². The standard InChI is InChI=1S/C19H22N6O2/c1-12-8-21-14(9-20-12)10-22-18(27)13-3-4-17-16(7-13)23-19(24(17)2)25-6-5-15(26)11-25/h3-4,7-9,15,26H,5-6,10-11H2,1-2H3,(H,22,27). The van der Waals surface area contributed by atoms with E-state index in [-0.39, 0.29) is 12.0 Å². The first kappa shape index (κ1) is 17.4. The van der Waals surface area contributed by atoms with Crippen LogP contribution in [0.15, 0.2) is 30.6 Å². The highest BCUT2D eigenvalue weighted by Crippen LogP contribution is 2.25. The van der Waals surface area contributed by atoms with Crippen LogP contribution in [-0.2, 0) is 13.6 Å². The van der Waals surface area contributed by atoms with Gasteiger partial charge in [0.1, 0.15) is 0 Å². The number of aromatic nitrogens is 4. The molecule has 1 aliphatic rings. The van der Waals surface area contributed by atoms with Gasteiger partial charge >= 0.3 is 0 Å². The first-order valence-corrected chi connectivity index (χ1v) is 8.96. The number of amides is 1. The molecular formula is C19H22N6O2. The third-order valence-electron chi connectivity index (χ3n) is 4.83. The number of carbonyl (C=O) groups excluding carboxylic acids is 1. The third-order valence-corrected chi connectivity index (χ3v) is 4.83. The van der Waals surface area contributed by atoms with Gasteiger partial charge < -0.3 is 19.9 Å². The van der Waals surface area contributed by atoms with Crippen LogP contribution in [0.4, 0.5) is 5.95 Å². The number of aliphatic hydroxyl groups excluding tert-OH is 1. The molecule has 4 rings (SSSR count). The summed E-state index contributed by atoms with van der Waals surface area (Å²) in [5.74, 6) is 0.636. The van der Waals surface area contributed by atoms with Crippen LogP contribution >= 0.6 is 0 Å². The number of nitrogens with one attached hydrogen (secondary N) is 1. The van der Waals surface area contributed by atoms with Gasteiger partial charge in [-0.25, -0.2) is 4.98 Å². The van der Waals surface area contributed by atoms with Crippen LogP contribution in [0.25, 0.3) is 11.0 Å². The zero-order valence-corrected chi connectivity index (χ0v) is 15.4. The molecule has 0 radical (unpaired) electrons. The Morgan fingerprint density at radius 2 is 2.19 bits per heavy atom. The van der Waals surface area contributed by atoms with Crippen molar-refractivity contribution < 1.29 is 9.90 Å². The normalized spacial score (nSPS) is 16.9. The molecule has 27 heavy (non-hydrogen) atoms. The predicted octanol–water partition coefficient (Wildman–Crippen LogP) is 1.17. The lowest BCUT2D eigenvalue weighted by atomic mass is 10.2. The van der Waals surface area contributed by atoms with Gasteiger partial charge in [-0.05, 0) is 31.5 Å². The van der Waals surface area contributed by atoms with Gasteiger partial charge in [-0.3, -0.25) is 14.8 Å². The maximum Gasteiger partial charge on any atom is 0.251 e. The van der Waals surface area contributed by atoms with Crippen LogP contribution in [-0.4, -0.2) is 49.7 Å². The molecule has 1 amide bonds. The maximum atomic E-state index is 12.5. The van der Waals surface area contributed by atoms with Gasteiger partial charge in [0.2, 0.25) is 5.95 Å². The third kappa shape index (κ3) is 3.48. The Hall–Kier alpha value is -3.00. The van der Waals surface area contributed by atoms with Crippen LogP contribution in [0, 0.1) is 6.92 Å². The van der Waals surface area contributed by atoms with E-state index in [9.17, 15) is 9.90 Å². The van der Waals surface area contributed by atoms with E-state index in [1.54, 1.807) is 24.5 Å². The summed E-state index contributed by atoms with van der Waals surface area (Å²) in [5, 5.41) is 12.6. The van der Waals surface area contributed by atoms with E-state index in [1.165, 1.54) is 0 Å². The fourth-order valence-corrected chi connectivity index (χ4v) is 3.32. The van der Waals surface area contributed by atoms with Crippen molar-refractivity contribution in [3.8, 4) is 0 Å². The van der Waals surface area contributed by atoms with Crippen molar-refractivity contribution in [3.63, 3.8) is 0 Å². The minimum Gasteiger partial charge on any atom is -0.391 e. The number of aryl methyl sites for hydroxylation is 2. The summed E-state index contributed by atoms with van der Waals surface area (Å²) in [4.78, 5) is 27.6. The van der Waals surface area contributed by atoms with Crippen molar-refractivity contribution in [3.05, 3.63) is 47.5 Å². The first-order chi connectivity index (χ1) is 13.0. The van der Waals surface area contributed by atoms with Crippen molar-refractivity contribution in [2.75, 3.05) is 18.0 Å². The second kappa shape index (κ2) is 6.96. The lowest BCUT2D eigenvalue weighted by Crippen LogP contribution is -2.24. The number of imidazole rings is 1. The highest BCUT2D eigenvalue weighted by molar-refractivity contribution is 5.97. The molecule has 0 aliphatic carbocycles. The molecule has 1 saturated heterocycles. The quantitative estimate of drug-likeness (QED) is 0.720. The Kier molecular flexibility index (Phi) is 4.49. The van der Waals surface area contributed by atoms with E-state index in [0.29, 0.717) is 24.3 Å². The summed E-state index contributed by atoms with van der Waals surface area (Å²) in [5.41, 5.74) is 3.81. The van der Waals surface area contributed by atoms with Gasteiger partial charge in [0.05, 0.1) is 41.3 Å². The van der Waals surface area contributed by atoms with E-state index in [1.807, 2.05) is 24.6 Å². The number of hydrogen-bond acceptors (Lipinski definition) is 6. The molecule has 3 heterocycles. The summed E-state index contributed by atoms with van der Waals surface area (Å²) in [6.07, 6.45) is 3.78. The molecule has 0 spiro atoms. The number of aliphatic hydroxyl groups is 1. The summed E-state index contributed by atoms with van der Waals surface area (Å²) >= 11 is 0. The van der Waals surface area contributed by atoms with Gasteiger partial charge in [-0.2, -0.15) is 0 Å². The molecule has 140 valence electrons. The van der Waals surface area contributed by atoms with Crippen LogP contribution in [0.2, 0.25) is 0 Å². The zero-order valence-electron chi connectivity index (χ0n) is 15.4. The van der Waals surface area contributed by atoms with Crippen LogP contribution in [0.1, 0.15) is 28.2 Å². The van der Waals surface area contributed by atoms with E-state index < -0.39 is 0 Å². The predicted molar refractivity (Wildman–Crippen MR) is 101 cm³/mol. The van der Waals surface area contributed by atoms with E-state index in [0.717, 1.165) is 35.6 Å². The molecule has 1 aromatic carbocycles. The molecular weight excluding hydrogens is 344 g/mol. The van der Waals surface area contributed by atoms with Gasteiger partial charge in [0.15, 0.2) is 0 Å². The Balaban J connectivity index is 1.52. The van der Waals surface area contributed by atoms with Crippen LogP contribution < -0.4 is 10.2 Å². The highest BCUT2D eigenvalue weighted by Gasteiger charge is 2.24. The second-order valence-corrected chi connectivity index (χ2v) is 6.89. The molecule has 3 aromatic rings. The number of benzene rings is 1. The van der Waals surface area contributed by atoms with Gasteiger partial charge in [-0.15, -0.1) is 0 Å². The highest BCUT2D eigenvalue weighted by atomic mass is 16.3. The Labute approximate surface area is 156 Å². The first-order valence-electron chi connectivity index (χ1n) is 8.96. The summed E-state index contributed by atoms with van der Waals surface area (Å²) in [7, 11) is 1.95. The second-order valence-electron chi connectivity index (χ2n) is 6.89. The summed E-state index contributed by atoms with van der Waals surface area (Å²) in [6.45, 7) is 3.56. The molecule has 8 nitrogen and oxygen atoms in total. The maximum absolute atomic E-state index is 12.5. The number of β-amino-alcohol motifs (C(OH)–C–C–N with tert-alkyl or cyclic N) is 1. The number of anilines is 1. The molecule has 0 bridgehead atoms. The zero-order chi connectivity index (χ0) is 19.0. The monoisotopic (exact) mass is 366 g/mol. The molecule has 1 fully saturated rings. The van der Waals surface area contributed by atoms with Crippen LogP contribution in [0.5, 0.6) is 0 Å². The molecule has 2 aromatic heterocycles. The SMILES string of the molecule is Cc1cnc(CNC(=O)c2ccc3c(c2)nc(N2CCC(O)C2)n3C)cn1. The lowest BCUT2D eigenvalue weighted by molar-refractivity contribution is 0.0950. The van der Waals surface area contributed by atoms with Gasteiger partial charge in [0, 0.05) is 31.9 Å². The van der Waals surface area contributed by atoms with Crippen molar-refractivity contribution in [2.45, 2.75) is 26.0 Å². The summed E-state index contributed by atoms with van der Waals surface area (Å²) in [6, 6.07) is 5.49. The summed E-state index contributed by atoms with van der Waals surface area (Å²) < 4.78 is 2.00.